The number of benzene rings is 2. The van der Waals surface area contributed by atoms with E-state index < -0.39 is 4.92 Å². The average Bonchev–Trinajstić information content (AvgIpc) is 2.58. The molecule has 3 rings (SSSR count). The van der Waals surface area contributed by atoms with Gasteiger partial charge in [-0.15, -0.1) is 0 Å². The third-order valence-electron chi connectivity index (χ3n) is 4.02. The Kier molecular flexibility index (Phi) is 4.96. The van der Waals surface area contributed by atoms with Gasteiger partial charge in [-0.1, -0.05) is 12.1 Å². The smallest absolute Gasteiger partial charge is 0.292 e. The van der Waals surface area contributed by atoms with E-state index >= 15 is 0 Å². The second kappa shape index (κ2) is 7.31. The van der Waals surface area contributed by atoms with Gasteiger partial charge in [0.2, 0.25) is 0 Å². The topological polar surface area (TPSA) is 73.6 Å². The highest BCUT2D eigenvalue weighted by Crippen LogP contribution is 2.30. The zero-order chi connectivity index (χ0) is 16.9. The van der Waals surface area contributed by atoms with Crippen LogP contribution >= 0.6 is 0 Å². The zero-order valence-electron chi connectivity index (χ0n) is 13.5. The average molecular weight is 328 g/mol. The fourth-order valence-corrected chi connectivity index (χ4v) is 2.73. The molecule has 2 aromatic carbocycles. The maximum atomic E-state index is 11.1. The van der Waals surface area contributed by atoms with E-state index in [9.17, 15) is 10.1 Å². The number of nitro groups is 1. The van der Waals surface area contributed by atoms with Crippen LogP contribution in [0.15, 0.2) is 42.5 Å². The first-order valence-electron chi connectivity index (χ1n) is 7.99. The van der Waals surface area contributed by atoms with Gasteiger partial charge in [-0.2, -0.15) is 0 Å². The van der Waals surface area contributed by atoms with Gasteiger partial charge in [0.05, 0.1) is 18.1 Å². The molecular weight excluding hydrogens is 308 g/mol. The summed E-state index contributed by atoms with van der Waals surface area (Å²) in [5, 5.41) is 14.2. The number of para-hydroxylation sites is 2. The Morgan fingerprint density at radius 3 is 2.67 bits per heavy atom. The summed E-state index contributed by atoms with van der Waals surface area (Å²) in [7, 11) is 0. The first-order valence-corrected chi connectivity index (χ1v) is 7.99. The van der Waals surface area contributed by atoms with Crippen molar-refractivity contribution in [3.05, 3.63) is 58.1 Å². The second-order valence-electron chi connectivity index (χ2n) is 5.81. The summed E-state index contributed by atoms with van der Waals surface area (Å²) in [6, 6.07) is 12.3. The Morgan fingerprint density at radius 2 is 1.96 bits per heavy atom. The quantitative estimate of drug-likeness (QED) is 0.657. The van der Waals surface area contributed by atoms with Crippen LogP contribution in [-0.2, 0) is 4.74 Å². The minimum absolute atomic E-state index is 0.0534. The summed E-state index contributed by atoms with van der Waals surface area (Å²) < 4.78 is 11.4. The number of nitro benzene ring substituents is 1. The molecule has 1 aliphatic heterocycles. The van der Waals surface area contributed by atoms with Crippen molar-refractivity contribution in [1.29, 1.82) is 0 Å². The normalized spacial score (nSPS) is 15.0. The van der Waals surface area contributed by atoms with E-state index in [2.05, 4.69) is 5.32 Å². The fraction of sp³-hybridized carbons (Fsp3) is 0.333. The number of hydrogen-bond donors (Lipinski definition) is 1. The van der Waals surface area contributed by atoms with Crippen molar-refractivity contribution in [3.63, 3.8) is 0 Å². The first-order chi connectivity index (χ1) is 11.6. The van der Waals surface area contributed by atoms with Gasteiger partial charge < -0.3 is 14.8 Å². The van der Waals surface area contributed by atoms with E-state index in [1.165, 1.54) is 6.07 Å². The Morgan fingerprint density at radius 1 is 1.21 bits per heavy atom. The van der Waals surface area contributed by atoms with Crippen LogP contribution in [0.2, 0.25) is 0 Å². The molecule has 0 unspecified atom stereocenters. The highest BCUT2D eigenvalue weighted by molar-refractivity contribution is 5.70. The number of rotatable bonds is 5. The lowest BCUT2D eigenvalue weighted by molar-refractivity contribution is -0.383. The predicted molar refractivity (Wildman–Crippen MR) is 92.0 cm³/mol. The molecular formula is C18H20N2O4. The number of aryl methyl sites for hydroxylation is 1. The van der Waals surface area contributed by atoms with Crippen molar-refractivity contribution in [1.82, 2.24) is 0 Å². The van der Waals surface area contributed by atoms with Crippen LogP contribution in [0.1, 0.15) is 18.4 Å². The summed E-state index contributed by atoms with van der Waals surface area (Å²) in [5.74, 6) is 0.843. The SMILES string of the molecule is Cc1cc(Nc2ccccc2[N+](=O)[O-])ccc1OC1CCOCC1. The maximum Gasteiger partial charge on any atom is 0.292 e. The Hall–Kier alpha value is -2.60. The van der Waals surface area contributed by atoms with Crippen molar-refractivity contribution < 1.29 is 14.4 Å². The monoisotopic (exact) mass is 328 g/mol. The van der Waals surface area contributed by atoms with Crippen LogP contribution < -0.4 is 10.1 Å². The van der Waals surface area contributed by atoms with E-state index in [0.717, 1.165) is 43.1 Å². The molecule has 1 saturated heterocycles. The number of hydrogen-bond acceptors (Lipinski definition) is 5. The van der Waals surface area contributed by atoms with Crippen molar-refractivity contribution in [2.75, 3.05) is 18.5 Å². The third kappa shape index (κ3) is 3.83. The summed E-state index contributed by atoms with van der Waals surface area (Å²) in [5.41, 5.74) is 2.31. The predicted octanol–water partition coefficient (Wildman–Crippen LogP) is 4.20. The molecule has 126 valence electrons. The lowest BCUT2D eigenvalue weighted by atomic mass is 10.1. The van der Waals surface area contributed by atoms with Gasteiger partial charge in [-0.25, -0.2) is 0 Å². The van der Waals surface area contributed by atoms with Crippen molar-refractivity contribution in [2.45, 2.75) is 25.9 Å². The van der Waals surface area contributed by atoms with Crippen LogP contribution in [0.25, 0.3) is 0 Å². The van der Waals surface area contributed by atoms with Gasteiger partial charge in [-0.05, 0) is 36.8 Å². The van der Waals surface area contributed by atoms with Crippen molar-refractivity contribution in [2.24, 2.45) is 0 Å². The van der Waals surface area contributed by atoms with Crippen molar-refractivity contribution in [3.8, 4) is 5.75 Å². The standard InChI is InChI=1S/C18H20N2O4/c1-13-12-14(19-16-4-2-3-5-17(16)20(21)22)6-7-18(13)24-15-8-10-23-11-9-15/h2-7,12,15,19H,8-11H2,1H3. The molecule has 1 aliphatic rings. The van der Waals surface area contributed by atoms with E-state index in [1.54, 1.807) is 18.2 Å². The van der Waals surface area contributed by atoms with Crippen LogP contribution in [0.4, 0.5) is 17.1 Å². The molecule has 0 aliphatic carbocycles. The molecule has 0 bridgehead atoms. The van der Waals surface area contributed by atoms with Gasteiger partial charge in [0.15, 0.2) is 0 Å². The van der Waals surface area contributed by atoms with Gasteiger partial charge in [-0.3, -0.25) is 10.1 Å². The number of nitrogens with zero attached hydrogens (tertiary/aromatic N) is 1. The number of nitrogens with one attached hydrogen (secondary N) is 1. The molecule has 0 atom stereocenters. The van der Waals surface area contributed by atoms with Gasteiger partial charge in [0.25, 0.3) is 5.69 Å². The highest BCUT2D eigenvalue weighted by atomic mass is 16.6. The molecule has 2 aromatic rings. The van der Waals surface area contributed by atoms with E-state index in [0.29, 0.717) is 5.69 Å². The summed E-state index contributed by atoms with van der Waals surface area (Å²) >= 11 is 0. The zero-order valence-corrected chi connectivity index (χ0v) is 13.5. The Labute approximate surface area is 140 Å². The molecule has 1 heterocycles. The Balaban J connectivity index is 1.74. The molecule has 0 spiro atoms. The molecule has 0 amide bonds. The summed E-state index contributed by atoms with van der Waals surface area (Å²) in [6.45, 7) is 3.45. The molecule has 0 aromatic heterocycles. The van der Waals surface area contributed by atoms with Gasteiger partial charge in [0.1, 0.15) is 17.5 Å². The van der Waals surface area contributed by atoms with Crippen LogP contribution in [0.3, 0.4) is 0 Å². The number of ether oxygens (including phenoxy) is 2. The lowest BCUT2D eigenvalue weighted by Crippen LogP contribution is -2.26. The Bertz CT molecular complexity index is 727. The molecule has 6 heteroatoms. The molecule has 1 fully saturated rings. The molecule has 0 saturated carbocycles. The molecule has 6 nitrogen and oxygen atoms in total. The van der Waals surface area contributed by atoms with Gasteiger partial charge in [0, 0.05) is 24.6 Å². The van der Waals surface area contributed by atoms with Crippen LogP contribution in [-0.4, -0.2) is 24.2 Å². The molecule has 1 N–H and O–H groups in total. The van der Waals surface area contributed by atoms with Crippen LogP contribution in [0.5, 0.6) is 5.75 Å². The lowest BCUT2D eigenvalue weighted by Gasteiger charge is -2.24. The number of anilines is 2. The van der Waals surface area contributed by atoms with E-state index in [-0.39, 0.29) is 11.8 Å². The molecule has 24 heavy (non-hydrogen) atoms. The summed E-state index contributed by atoms with van der Waals surface area (Å²) in [4.78, 5) is 10.7. The van der Waals surface area contributed by atoms with Crippen molar-refractivity contribution >= 4 is 17.1 Å². The van der Waals surface area contributed by atoms with E-state index in [1.807, 2.05) is 25.1 Å². The largest absolute Gasteiger partial charge is 0.490 e. The minimum atomic E-state index is -0.391. The van der Waals surface area contributed by atoms with Gasteiger partial charge >= 0.3 is 0 Å². The van der Waals surface area contributed by atoms with Crippen LogP contribution in [0, 0.1) is 17.0 Å². The third-order valence-corrected chi connectivity index (χ3v) is 4.02. The van der Waals surface area contributed by atoms with E-state index in [4.69, 9.17) is 9.47 Å². The molecule has 0 radical (unpaired) electrons. The fourth-order valence-electron chi connectivity index (χ4n) is 2.73. The maximum absolute atomic E-state index is 11.1. The minimum Gasteiger partial charge on any atom is -0.490 e. The second-order valence-corrected chi connectivity index (χ2v) is 5.81. The first kappa shape index (κ1) is 16.3. The summed E-state index contributed by atoms with van der Waals surface area (Å²) in [6.07, 6.45) is 1.98. The highest BCUT2D eigenvalue weighted by Gasteiger charge is 2.17.